The first-order valence-corrected chi connectivity index (χ1v) is 11.2. The van der Waals surface area contributed by atoms with E-state index >= 15 is 0 Å². The largest absolute Gasteiger partial charge is 0.479 e. The Kier molecular flexibility index (Phi) is 5.55. The van der Waals surface area contributed by atoms with Gasteiger partial charge in [-0.1, -0.05) is 24.6 Å². The zero-order chi connectivity index (χ0) is 22.6. The molecule has 0 amide bonds. The first-order valence-electron chi connectivity index (χ1n) is 11.2. The Balaban J connectivity index is 1.62. The third-order valence-electron chi connectivity index (χ3n) is 9.04. The van der Waals surface area contributed by atoms with E-state index in [2.05, 4.69) is 12.1 Å². The van der Waals surface area contributed by atoms with E-state index in [0.29, 0.717) is 19.3 Å². The summed E-state index contributed by atoms with van der Waals surface area (Å²) in [6.07, 6.45) is 5.86. The highest BCUT2D eigenvalue weighted by molar-refractivity contribution is 5.96. The molecule has 0 aromatic carbocycles. The van der Waals surface area contributed by atoms with Crippen molar-refractivity contribution in [2.75, 3.05) is 13.2 Å². The van der Waals surface area contributed by atoms with Crippen molar-refractivity contribution >= 4 is 17.5 Å². The minimum atomic E-state index is -1.58. The lowest BCUT2D eigenvalue weighted by molar-refractivity contribution is -0.181. The lowest BCUT2D eigenvalue weighted by atomic mass is 9.45. The molecule has 4 aliphatic rings. The van der Waals surface area contributed by atoms with Crippen LogP contribution in [0.25, 0.3) is 0 Å². The molecule has 4 rings (SSSR count). The fourth-order valence-electron chi connectivity index (χ4n) is 7.54. The highest BCUT2D eigenvalue weighted by atomic mass is 16.6. The summed E-state index contributed by atoms with van der Waals surface area (Å²) in [4.78, 5) is 28.0. The Morgan fingerprint density at radius 2 is 1.97 bits per heavy atom. The number of carboxylic acid groups (broad SMARTS) is 1. The number of aliphatic hydroxyl groups is 3. The Hall–Kier alpha value is -1.77. The number of carboxylic acids is 1. The molecule has 0 radical (unpaired) electrons. The molecular weight excluding hydrogens is 402 g/mol. The molecule has 4 aliphatic carbocycles. The summed E-state index contributed by atoms with van der Waals surface area (Å²) in [5, 5.41) is 44.8. The van der Waals surface area contributed by atoms with Crippen LogP contribution in [0.4, 0.5) is 0 Å². The van der Waals surface area contributed by atoms with E-state index in [1.54, 1.807) is 0 Å². The predicted molar refractivity (Wildman–Crippen MR) is 111 cm³/mol. The first kappa shape index (κ1) is 22.4. The van der Waals surface area contributed by atoms with Crippen LogP contribution in [0.1, 0.15) is 58.8 Å². The number of nitrogens with zero attached hydrogens (tertiary/aromatic N) is 1. The van der Waals surface area contributed by atoms with E-state index in [1.807, 2.05) is 13.0 Å². The van der Waals surface area contributed by atoms with Gasteiger partial charge in [0.15, 0.2) is 5.78 Å². The van der Waals surface area contributed by atoms with E-state index in [0.717, 1.165) is 31.4 Å². The third kappa shape index (κ3) is 3.26. The van der Waals surface area contributed by atoms with Gasteiger partial charge in [0.05, 0.1) is 11.8 Å². The Morgan fingerprint density at radius 1 is 1.23 bits per heavy atom. The predicted octanol–water partition coefficient (Wildman–Crippen LogP) is 1.67. The van der Waals surface area contributed by atoms with Gasteiger partial charge < -0.3 is 25.3 Å². The number of carbonyl (C=O) groups is 2. The van der Waals surface area contributed by atoms with E-state index in [1.165, 1.54) is 5.57 Å². The summed E-state index contributed by atoms with van der Waals surface area (Å²) >= 11 is 0. The molecule has 3 saturated carbocycles. The molecule has 4 N–H and O–H groups in total. The molecule has 0 aliphatic heterocycles. The second kappa shape index (κ2) is 7.67. The summed E-state index contributed by atoms with van der Waals surface area (Å²) in [5.74, 6) is -1.26. The van der Waals surface area contributed by atoms with Crippen LogP contribution < -0.4 is 0 Å². The molecular formula is C23H33NO7. The number of hydrogen-bond acceptors (Lipinski definition) is 7. The maximum atomic E-state index is 12.5. The number of carbonyl (C=O) groups excluding carboxylic acids is 1. The van der Waals surface area contributed by atoms with Crippen molar-refractivity contribution in [3.8, 4) is 0 Å². The van der Waals surface area contributed by atoms with Gasteiger partial charge in [-0.25, -0.2) is 4.79 Å². The molecule has 31 heavy (non-hydrogen) atoms. The monoisotopic (exact) mass is 435 g/mol. The van der Waals surface area contributed by atoms with E-state index in [4.69, 9.17) is 9.94 Å². The minimum Gasteiger partial charge on any atom is -0.479 e. The number of allylic oxidation sites excluding steroid dienone is 2. The van der Waals surface area contributed by atoms with Crippen molar-refractivity contribution in [3.05, 3.63) is 11.6 Å². The summed E-state index contributed by atoms with van der Waals surface area (Å²) < 4.78 is 0. The van der Waals surface area contributed by atoms with Crippen LogP contribution in [0.5, 0.6) is 0 Å². The molecule has 0 heterocycles. The standard InChI is InChI=1S/C23H33NO7/c1-21-7-5-14(24-31-12-19(28)29)9-13(21)3-4-15-16-6-8-23(30,18(27)11-25)22(16,2)10-17(26)20(15)21/h9,15-17,20,25-26,30H,3-8,10-12H2,1-2H3,(H,28,29)/b24-14-/t15-,16-,17-,20+,21+,22+,23+/m1/s1. The van der Waals surface area contributed by atoms with Crippen molar-refractivity contribution in [1.82, 2.24) is 0 Å². The number of Topliss-reactive ketones (excluding diaryl/α,β-unsaturated/α-hetero) is 1. The Morgan fingerprint density at radius 3 is 2.65 bits per heavy atom. The van der Waals surface area contributed by atoms with Gasteiger partial charge >= 0.3 is 5.97 Å². The number of aliphatic hydroxyl groups excluding tert-OH is 2. The Labute approximate surface area is 182 Å². The zero-order valence-corrected chi connectivity index (χ0v) is 18.2. The number of oxime groups is 1. The van der Waals surface area contributed by atoms with Crippen LogP contribution in [0.15, 0.2) is 16.8 Å². The molecule has 7 atom stereocenters. The van der Waals surface area contributed by atoms with Gasteiger partial charge in [-0.15, -0.1) is 0 Å². The molecule has 0 spiro atoms. The average Bonchev–Trinajstić information content (AvgIpc) is 2.98. The van der Waals surface area contributed by atoms with Crippen molar-refractivity contribution in [2.45, 2.75) is 70.5 Å². The van der Waals surface area contributed by atoms with Gasteiger partial charge in [0.25, 0.3) is 0 Å². The maximum Gasteiger partial charge on any atom is 0.344 e. The first-order chi connectivity index (χ1) is 14.6. The van der Waals surface area contributed by atoms with Crippen LogP contribution in [0.2, 0.25) is 0 Å². The summed E-state index contributed by atoms with van der Waals surface area (Å²) in [7, 11) is 0. The van der Waals surface area contributed by atoms with Gasteiger partial charge in [-0.3, -0.25) is 4.79 Å². The van der Waals surface area contributed by atoms with Gasteiger partial charge in [0.2, 0.25) is 6.61 Å². The quantitative estimate of drug-likeness (QED) is 0.482. The fourth-order valence-corrected chi connectivity index (χ4v) is 7.54. The fraction of sp³-hybridized carbons (Fsp3) is 0.783. The zero-order valence-electron chi connectivity index (χ0n) is 18.2. The lowest BCUT2D eigenvalue weighted by Gasteiger charge is -2.60. The summed E-state index contributed by atoms with van der Waals surface area (Å²) in [6, 6.07) is 0. The molecule has 8 nitrogen and oxygen atoms in total. The average molecular weight is 436 g/mol. The van der Waals surface area contributed by atoms with Crippen molar-refractivity contribution in [1.29, 1.82) is 0 Å². The van der Waals surface area contributed by atoms with Gasteiger partial charge in [-0.05, 0) is 74.2 Å². The molecule has 0 unspecified atom stereocenters. The highest BCUT2D eigenvalue weighted by Crippen LogP contribution is 2.67. The van der Waals surface area contributed by atoms with Gasteiger partial charge in [-0.2, -0.15) is 0 Å². The SMILES string of the molecule is C[C@]12CC/C(=N/OCC(=O)O)C=C1CC[C@H]1[C@H]2[C@H](O)C[C@@]2(C)[C@@H]1CC[C@]2(O)C(=O)CO. The maximum absolute atomic E-state index is 12.5. The Bertz CT molecular complexity index is 838. The van der Waals surface area contributed by atoms with E-state index in [9.17, 15) is 24.9 Å². The van der Waals surface area contributed by atoms with E-state index in [-0.39, 0.29) is 23.2 Å². The van der Waals surface area contributed by atoms with Crippen LogP contribution in [0, 0.1) is 28.6 Å². The lowest BCUT2D eigenvalue weighted by Crippen LogP contribution is -2.62. The number of ketones is 1. The van der Waals surface area contributed by atoms with Crippen molar-refractivity contribution in [3.63, 3.8) is 0 Å². The second-order valence-corrected chi connectivity index (χ2v) is 10.3. The number of hydrogen-bond donors (Lipinski definition) is 4. The topological polar surface area (TPSA) is 137 Å². The van der Waals surface area contributed by atoms with Crippen LogP contribution in [-0.4, -0.2) is 62.8 Å². The summed E-state index contributed by atoms with van der Waals surface area (Å²) in [5.41, 5.74) is -0.594. The van der Waals surface area contributed by atoms with Gasteiger partial charge in [0.1, 0.15) is 12.2 Å². The van der Waals surface area contributed by atoms with E-state index < -0.39 is 42.1 Å². The number of rotatable bonds is 5. The smallest absolute Gasteiger partial charge is 0.344 e. The van der Waals surface area contributed by atoms with Crippen LogP contribution in [-0.2, 0) is 14.4 Å². The highest BCUT2D eigenvalue weighted by Gasteiger charge is 2.68. The van der Waals surface area contributed by atoms with Crippen molar-refractivity contribution in [2.24, 2.45) is 33.7 Å². The third-order valence-corrected chi connectivity index (χ3v) is 9.04. The second-order valence-electron chi connectivity index (χ2n) is 10.3. The molecule has 172 valence electrons. The number of fused-ring (bicyclic) bond motifs is 5. The molecule has 3 fully saturated rings. The minimum absolute atomic E-state index is 0.0265. The molecule has 0 saturated heterocycles. The normalized spacial score (nSPS) is 45.3. The molecule has 8 heteroatoms. The summed E-state index contributed by atoms with van der Waals surface area (Å²) in [6.45, 7) is 2.95. The van der Waals surface area contributed by atoms with Gasteiger partial charge in [0, 0.05) is 5.41 Å². The number of aliphatic carboxylic acids is 1. The molecule has 0 aromatic rings. The molecule has 0 bridgehead atoms. The van der Waals surface area contributed by atoms with Crippen LogP contribution >= 0.6 is 0 Å². The van der Waals surface area contributed by atoms with Crippen LogP contribution in [0.3, 0.4) is 0 Å². The van der Waals surface area contributed by atoms with Crippen molar-refractivity contribution < 1.29 is 34.9 Å². The molecule has 0 aromatic heterocycles.